The average molecular weight is 373 g/mol. The van der Waals surface area contributed by atoms with Crippen LogP contribution in [-0.4, -0.2) is 27.0 Å². The van der Waals surface area contributed by atoms with E-state index in [1.807, 2.05) is 6.92 Å². The predicted molar refractivity (Wildman–Crippen MR) is 84.2 cm³/mol. The molecule has 0 bridgehead atoms. The van der Waals surface area contributed by atoms with Gasteiger partial charge < -0.3 is 5.32 Å². The van der Waals surface area contributed by atoms with E-state index in [4.69, 9.17) is 0 Å². The molecule has 1 fully saturated rings. The molecule has 132 valence electrons. The fourth-order valence-electron chi connectivity index (χ4n) is 2.60. The van der Waals surface area contributed by atoms with Crippen molar-refractivity contribution in [3.8, 4) is 0 Å². The number of aryl methyl sites for hydroxylation is 1. The van der Waals surface area contributed by atoms with E-state index >= 15 is 0 Å². The van der Waals surface area contributed by atoms with Gasteiger partial charge in [-0.05, 0) is 50.9 Å². The summed E-state index contributed by atoms with van der Waals surface area (Å²) in [6.07, 6.45) is -3.35. The first-order valence-electron chi connectivity index (χ1n) is 7.03. The summed E-state index contributed by atoms with van der Waals surface area (Å²) in [5, 5.41) is 3.19. The summed E-state index contributed by atoms with van der Waals surface area (Å²) in [6.45, 7) is 3.92. The van der Waals surface area contributed by atoms with Crippen LogP contribution >= 0.6 is 12.4 Å². The van der Waals surface area contributed by atoms with Crippen molar-refractivity contribution in [2.24, 2.45) is 0 Å². The lowest BCUT2D eigenvalue weighted by Gasteiger charge is -2.28. The molecule has 0 saturated carbocycles. The summed E-state index contributed by atoms with van der Waals surface area (Å²) in [7, 11) is -3.96. The van der Waals surface area contributed by atoms with Crippen LogP contribution in [0, 0.1) is 6.92 Å². The number of halogens is 4. The fraction of sp³-hybridized carbons (Fsp3) is 0.571. The van der Waals surface area contributed by atoms with Gasteiger partial charge in [0.15, 0.2) is 0 Å². The molecular formula is C14H20ClF3N2O2S. The predicted octanol–water partition coefficient (Wildman–Crippen LogP) is 2.85. The number of nitrogens with one attached hydrogen (secondary N) is 2. The lowest BCUT2D eigenvalue weighted by molar-refractivity contribution is -0.138. The van der Waals surface area contributed by atoms with Crippen LogP contribution in [-0.2, 0) is 16.2 Å². The maximum absolute atomic E-state index is 12.9. The zero-order chi connectivity index (χ0) is 16.5. The van der Waals surface area contributed by atoms with Gasteiger partial charge in [-0.3, -0.25) is 0 Å². The monoisotopic (exact) mass is 372 g/mol. The van der Waals surface area contributed by atoms with Crippen LogP contribution in [0.3, 0.4) is 0 Å². The maximum Gasteiger partial charge on any atom is 0.416 e. The number of hydrogen-bond acceptors (Lipinski definition) is 3. The zero-order valence-electron chi connectivity index (χ0n) is 12.8. The van der Waals surface area contributed by atoms with Gasteiger partial charge in [-0.15, -0.1) is 12.4 Å². The first kappa shape index (κ1) is 20.2. The number of rotatable bonds is 3. The number of benzene rings is 1. The summed E-state index contributed by atoms with van der Waals surface area (Å²) < 4.78 is 65.8. The molecular weight excluding hydrogens is 353 g/mol. The minimum atomic E-state index is -4.57. The Morgan fingerprint density at radius 1 is 1.30 bits per heavy atom. The number of hydrogen-bond donors (Lipinski definition) is 2. The highest BCUT2D eigenvalue weighted by Gasteiger charge is 2.34. The van der Waals surface area contributed by atoms with E-state index in [1.54, 1.807) is 0 Å². The number of sulfonamides is 1. The van der Waals surface area contributed by atoms with Crippen molar-refractivity contribution in [1.29, 1.82) is 0 Å². The first-order valence-corrected chi connectivity index (χ1v) is 8.51. The van der Waals surface area contributed by atoms with Crippen LogP contribution in [0.1, 0.15) is 30.9 Å². The number of alkyl halides is 3. The van der Waals surface area contributed by atoms with Crippen LogP contribution in [0.25, 0.3) is 0 Å². The second-order valence-electron chi connectivity index (χ2n) is 5.67. The topological polar surface area (TPSA) is 58.2 Å². The van der Waals surface area contributed by atoms with E-state index in [9.17, 15) is 21.6 Å². The molecule has 4 nitrogen and oxygen atoms in total. The molecule has 0 amide bonds. The standard InChI is InChI=1S/C14H19F3N2O2S.ClH/c1-9-3-4-12(8-13(9)14(15,16)17)22(20,21)19-11-5-6-18-10(2)7-11;/h3-4,8,10-11,18-19H,5-7H2,1-2H3;1H. The van der Waals surface area contributed by atoms with Gasteiger partial charge in [0.25, 0.3) is 0 Å². The molecule has 2 N–H and O–H groups in total. The van der Waals surface area contributed by atoms with Crippen LogP contribution in [0.4, 0.5) is 13.2 Å². The van der Waals surface area contributed by atoms with Gasteiger partial charge in [0.1, 0.15) is 0 Å². The Kier molecular flexibility index (Phi) is 6.48. The quantitative estimate of drug-likeness (QED) is 0.857. The van der Waals surface area contributed by atoms with Crippen molar-refractivity contribution < 1.29 is 21.6 Å². The summed E-state index contributed by atoms with van der Waals surface area (Å²) in [6, 6.07) is 2.99. The second kappa shape index (κ2) is 7.38. The Morgan fingerprint density at radius 3 is 2.52 bits per heavy atom. The molecule has 0 aromatic heterocycles. The Bertz CT molecular complexity index is 650. The zero-order valence-corrected chi connectivity index (χ0v) is 14.4. The van der Waals surface area contributed by atoms with Gasteiger partial charge in [0.05, 0.1) is 10.5 Å². The van der Waals surface area contributed by atoms with Gasteiger partial charge in [-0.25, -0.2) is 13.1 Å². The van der Waals surface area contributed by atoms with Crippen molar-refractivity contribution in [2.45, 2.75) is 49.8 Å². The summed E-state index contributed by atoms with van der Waals surface area (Å²) in [4.78, 5) is -0.350. The Balaban J connectivity index is 0.00000264. The van der Waals surface area contributed by atoms with Crippen LogP contribution in [0.15, 0.2) is 23.1 Å². The van der Waals surface area contributed by atoms with Crippen LogP contribution in [0.2, 0.25) is 0 Å². The third-order valence-corrected chi connectivity index (χ3v) is 5.29. The molecule has 1 heterocycles. The largest absolute Gasteiger partial charge is 0.416 e. The van der Waals surface area contributed by atoms with Gasteiger partial charge in [0, 0.05) is 12.1 Å². The van der Waals surface area contributed by atoms with Crippen molar-refractivity contribution in [2.75, 3.05) is 6.54 Å². The molecule has 0 aliphatic carbocycles. The van der Waals surface area contributed by atoms with Gasteiger partial charge >= 0.3 is 6.18 Å². The average Bonchev–Trinajstić information content (AvgIpc) is 2.36. The minimum absolute atomic E-state index is 0. The third kappa shape index (κ3) is 5.07. The highest BCUT2D eigenvalue weighted by Crippen LogP contribution is 2.33. The summed E-state index contributed by atoms with van der Waals surface area (Å²) in [5.41, 5.74) is -0.920. The highest BCUT2D eigenvalue weighted by molar-refractivity contribution is 7.89. The first-order chi connectivity index (χ1) is 10.1. The molecule has 1 aromatic carbocycles. The van der Waals surface area contributed by atoms with E-state index in [1.165, 1.54) is 19.1 Å². The van der Waals surface area contributed by atoms with E-state index in [2.05, 4.69) is 10.0 Å². The van der Waals surface area contributed by atoms with E-state index in [0.717, 1.165) is 0 Å². The molecule has 2 rings (SSSR count). The smallest absolute Gasteiger partial charge is 0.314 e. The Morgan fingerprint density at radius 2 is 1.96 bits per heavy atom. The highest BCUT2D eigenvalue weighted by atomic mass is 35.5. The molecule has 9 heteroatoms. The SMILES string of the molecule is Cc1ccc(S(=O)(=O)NC2CCNC(C)C2)cc1C(F)(F)F.Cl. The van der Waals surface area contributed by atoms with Crippen molar-refractivity contribution in [1.82, 2.24) is 10.0 Å². The van der Waals surface area contributed by atoms with Crippen molar-refractivity contribution in [3.63, 3.8) is 0 Å². The third-order valence-electron chi connectivity index (χ3n) is 3.77. The second-order valence-corrected chi connectivity index (χ2v) is 7.39. The lowest BCUT2D eigenvalue weighted by Crippen LogP contribution is -2.46. The molecule has 2 unspecified atom stereocenters. The molecule has 0 spiro atoms. The van der Waals surface area contributed by atoms with E-state index < -0.39 is 21.8 Å². The van der Waals surface area contributed by atoms with Gasteiger partial charge in [-0.1, -0.05) is 6.07 Å². The van der Waals surface area contributed by atoms with E-state index in [-0.39, 0.29) is 34.9 Å². The van der Waals surface area contributed by atoms with Crippen molar-refractivity contribution in [3.05, 3.63) is 29.3 Å². The fourth-order valence-corrected chi connectivity index (χ4v) is 3.91. The summed E-state index contributed by atoms with van der Waals surface area (Å²) >= 11 is 0. The van der Waals surface area contributed by atoms with Crippen LogP contribution in [0.5, 0.6) is 0 Å². The Hall–Kier alpha value is -0.830. The van der Waals surface area contributed by atoms with Gasteiger partial charge in [0.2, 0.25) is 10.0 Å². The molecule has 1 aromatic rings. The van der Waals surface area contributed by atoms with E-state index in [0.29, 0.717) is 25.5 Å². The van der Waals surface area contributed by atoms with Crippen LogP contribution < -0.4 is 10.0 Å². The molecule has 2 atom stereocenters. The summed E-state index contributed by atoms with van der Waals surface area (Å²) in [5.74, 6) is 0. The molecule has 0 radical (unpaired) electrons. The molecule has 1 saturated heterocycles. The molecule has 1 aliphatic rings. The normalized spacial score (nSPS) is 22.5. The van der Waals surface area contributed by atoms with Crippen molar-refractivity contribution >= 4 is 22.4 Å². The lowest BCUT2D eigenvalue weighted by atomic mass is 10.0. The number of piperidine rings is 1. The molecule has 23 heavy (non-hydrogen) atoms. The minimum Gasteiger partial charge on any atom is -0.314 e. The Labute approximate surface area is 140 Å². The maximum atomic E-state index is 12.9. The van der Waals surface area contributed by atoms with Gasteiger partial charge in [-0.2, -0.15) is 13.2 Å². The molecule has 1 aliphatic heterocycles.